The molecule has 4 heteroatoms. The Morgan fingerprint density at radius 1 is 1.73 bits per heavy atom. The van der Waals surface area contributed by atoms with Gasteiger partial charge < -0.3 is 10.8 Å². The van der Waals surface area contributed by atoms with Gasteiger partial charge in [0.1, 0.15) is 0 Å². The van der Waals surface area contributed by atoms with E-state index >= 15 is 0 Å². The molecule has 0 aromatic carbocycles. The van der Waals surface area contributed by atoms with Crippen LogP contribution in [-0.4, -0.2) is 23.2 Å². The Hall–Kier alpha value is -0.450. The third kappa shape index (κ3) is 2.25. The van der Waals surface area contributed by atoms with E-state index in [4.69, 9.17) is 10.8 Å². The zero-order chi connectivity index (χ0) is 8.10. The summed E-state index contributed by atoms with van der Waals surface area (Å²) in [5.41, 5.74) is 8.30. The van der Waals surface area contributed by atoms with Crippen LogP contribution in [0.4, 0.5) is 0 Å². The van der Waals surface area contributed by atoms with E-state index in [0.29, 0.717) is 13.0 Å². The van der Waals surface area contributed by atoms with Crippen LogP contribution in [0.25, 0.3) is 0 Å². The van der Waals surface area contributed by atoms with Gasteiger partial charge in [0, 0.05) is 24.4 Å². The average Bonchev–Trinajstić information content (AvgIpc) is 2.52. The molecule has 62 valence electrons. The van der Waals surface area contributed by atoms with E-state index in [9.17, 15) is 0 Å². The SMILES string of the molecule is NCC(CCO)c1cscn1. The molecule has 3 nitrogen and oxygen atoms in total. The zero-order valence-electron chi connectivity index (χ0n) is 6.23. The first kappa shape index (κ1) is 8.64. The molecule has 1 heterocycles. The lowest BCUT2D eigenvalue weighted by Crippen LogP contribution is -2.14. The van der Waals surface area contributed by atoms with Gasteiger partial charge in [-0.1, -0.05) is 0 Å². The van der Waals surface area contributed by atoms with Crippen LogP contribution in [0.3, 0.4) is 0 Å². The quantitative estimate of drug-likeness (QED) is 0.698. The fourth-order valence-corrected chi connectivity index (χ4v) is 1.60. The van der Waals surface area contributed by atoms with Crippen LogP contribution >= 0.6 is 11.3 Å². The van der Waals surface area contributed by atoms with E-state index in [1.54, 1.807) is 16.8 Å². The normalized spacial score (nSPS) is 13.3. The van der Waals surface area contributed by atoms with Gasteiger partial charge in [0.05, 0.1) is 11.2 Å². The van der Waals surface area contributed by atoms with Gasteiger partial charge in [-0.3, -0.25) is 0 Å². The predicted molar refractivity (Wildman–Crippen MR) is 45.6 cm³/mol. The Kier molecular flexibility index (Phi) is 3.48. The molecule has 1 aromatic heterocycles. The van der Waals surface area contributed by atoms with Gasteiger partial charge in [-0.25, -0.2) is 4.98 Å². The Morgan fingerprint density at radius 2 is 2.55 bits per heavy atom. The molecule has 1 rings (SSSR count). The summed E-state index contributed by atoms with van der Waals surface area (Å²) in [4.78, 5) is 4.13. The fraction of sp³-hybridized carbons (Fsp3) is 0.571. The maximum atomic E-state index is 8.69. The van der Waals surface area contributed by atoms with Gasteiger partial charge in [0.2, 0.25) is 0 Å². The van der Waals surface area contributed by atoms with Crippen LogP contribution in [0.5, 0.6) is 0 Å². The van der Waals surface area contributed by atoms with Crippen LogP contribution in [0, 0.1) is 0 Å². The van der Waals surface area contributed by atoms with Gasteiger partial charge >= 0.3 is 0 Å². The number of nitrogens with two attached hydrogens (primary N) is 1. The number of hydrogen-bond donors (Lipinski definition) is 2. The first-order valence-electron chi connectivity index (χ1n) is 3.57. The number of aliphatic hydroxyl groups excluding tert-OH is 1. The number of aliphatic hydroxyl groups is 1. The lowest BCUT2D eigenvalue weighted by molar-refractivity contribution is 0.275. The van der Waals surface area contributed by atoms with E-state index in [1.165, 1.54) is 0 Å². The molecule has 1 aromatic rings. The van der Waals surface area contributed by atoms with Crippen molar-refractivity contribution >= 4 is 11.3 Å². The first-order valence-corrected chi connectivity index (χ1v) is 4.51. The standard InChI is InChI=1S/C7H12N2OS/c8-3-6(1-2-10)7-4-11-5-9-7/h4-6,10H,1-3,8H2. The summed E-state index contributed by atoms with van der Waals surface area (Å²) in [7, 11) is 0. The van der Waals surface area contributed by atoms with Gasteiger partial charge in [0.25, 0.3) is 0 Å². The summed E-state index contributed by atoms with van der Waals surface area (Å²) >= 11 is 1.56. The molecule has 3 N–H and O–H groups in total. The molecular weight excluding hydrogens is 160 g/mol. The molecule has 0 spiro atoms. The molecule has 0 amide bonds. The molecule has 0 aliphatic carbocycles. The van der Waals surface area contributed by atoms with Crippen LogP contribution in [0.1, 0.15) is 18.0 Å². The van der Waals surface area contributed by atoms with Crippen LogP contribution < -0.4 is 5.73 Å². The highest BCUT2D eigenvalue weighted by molar-refractivity contribution is 7.07. The number of hydrogen-bond acceptors (Lipinski definition) is 4. The smallest absolute Gasteiger partial charge is 0.0794 e. The zero-order valence-corrected chi connectivity index (χ0v) is 7.05. The van der Waals surface area contributed by atoms with Crippen molar-refractivity contribution in [3.63, 3.8) is 0 Å². The second kappa shape index (κ2) is 4.43. The fourth-order valence-electron chi connectivity index (χ4n) is 0.966. The van der Waals surface area contributed by atoms with Crippen molar-refractivity contribution < 1.29 is 5.11 Å². The van der Waals surface area contributed by atoms with Crippen molar-refractivity contribution in [1.82, 2.24) is 4.98 Å². The van der Waals surface area contributed by atoms with Gasteiger partial charge in [-0.15, -0.1) is 11.3 Å². The molecule has 0 bridgehead atoms. The van der Waals surface area contributed by atoms with E-state index in [-0.39, 0.29) is 12.5 Å². The Morgan fingerprint density at radius 3 is 3.00 bits per heavy atom. The Balaban J connectivity index is 2.56. The van der Waals surface area contributed by atoms with Crippen molar-refractivity contribution in [3.05, 3.63) is 16.6 Å². The average molecular weight is 172 g/mol. The molecular formula is C7H12N2OS. The minimum atomic E-state index is 0.180. The summed E-state index contributed by atoms with van der Waals surface area (Å²) in [5, 5.41) is 10.7. The number of rotatable bonds is 4. The number of aromatic nitrogens is 1. The van der Waals surface area contributed by atoms with Crippen molar-refractivity contribution in [2.75, 3.05) is 13.2 Å². The second-order valence-corrected chi connectivity index (χ2v) is 3.08. The predicted octanol–water partition coefficient (Wildman–Crippen LogP) is 0.568. The molecule has 0 aliphatic heterocycles. The van der Waals surface area contributed by atoms with Crippen LogP contribution in [0.15, 0.2) is 10.9 Å². The van der Waals surface area contributed by atoms with Crippen LogP contribution in [-0.2, 0) is 0 Å². The van der Waals surface area contributed by atoms with Gasteiger partial charge in [-0.2, -0.15) is 0 Å². The summed E-state index contributed by atoms with van der Waals surface area (Å²) in [6, 6.07) is 0. The molecule has 11 heavy (non-hydrogen) atoms. The maximum Gasteiger partial charge on any atom is 0.0794 e. The monoisotopic (exact) mass is 172 g/mol. The molecule has 0 saturated carbocycles. The minimum absolute atomic E-state index is 0.180. The third-order valence-electron chi connectivity index (χ3n) is 1.63. The highest BCUT2D eigenvalue weighted by Gasteiger charge is 2.09. The number of thiazole rings is 1. The Bertz CT molecular complexity index is 188. The minimum Gasteiger partial charge on any atom is -0.396 e. The second-order valence-electron chi connectivity index (χ2n) is 2.36. The van der Waals surface area contributed by atoms with E-state index in [0.717, 1.165) is 5.69 Å². The topological polar surface area (TPSA) is 59.1 Å². The van der Waals surface area contributed by atoms with E-state index < -0.39 is 0 Å². The molecule has 0 aliphatic rings. The van der Waals surface area contributed by atoms with Crippen molar-refractivity contribution in [2.24, 2.45) is 5.73 Å². The molecule has 0 fully saturated rings. The summed E-state index contributed by atoms with van der Waals surface area (Å²) in [6.07, 6.45) is 0.709. The highest BCUT2D eigenvalue weighted by Crippen LogP contribution is 2.17. The molecule has 1 unspecified atom stereocenters. The summed E-state index contributed by atoms with van der Waals surface area (Å²) in [6.45, 7) is 0.740. The highest BCUT2D eigenvalue weighted by atomic mass is 32.1. The van der Waals surface area contributed by atoms with Crippen molar-refractivity contribution in [3.8, 4) is 0 Å². The molecule has 0 radical (unpaired) electrons. The maximum absolute atomic E-state index is 8.69. The third-order valence-corrected chi connectivity index (χ3v) is 2.24. The molecule has 0 saturated heterocycles. The van der Waals surface area contributed by atoms with Gasteiger partial charge in [-0.05, 0) is 6.42 Å². The van der Waals surface area contributed by atoms with Gasteiger partial charge in [0.15, 0.2) is 0 Å². The number of nitrogens with zero attached hydrogens (tertiary/aromatic N) is 1. The largest absolute Gasteiger partial charge is 0.396 e. The Labute approximate surface area is 69.9 Å². The van der Waals surface area contributed by atoms with E-state index in [2.05, 4.69) is 4.98 Å². The lowest BCUT2D eigenvalue weighted by Gasteiger charge is -2.08. The van der Waals surface area contributed by atoms with Crippen molar-refractivity contribution in [2.45, 2.75) is 12.3 Å². The lowest BCUT2D eigenvalue weighted by atomic mass is 10.0. The molecule has 1 atom stereocenters. The first-order chi connectivity index (χ1) is 5.38. The summed E-state index contributed by atoms with van der Waals surface area (Å²) < 4.78 is 0. The van der Waals surface area contributed by atoms with Crippen LogP contribution in [0.2, 0.25) is 0 Å². The van der Waals surface area contributed by atoms with E-state index in [1.807, 2.05) is 5.38 Å². The van der Waals surface area contributed by atoms with Crippen molar-refractivity contribution in [1.29, 1.82) is 0 Å². The summed E-state index contributed by atoms with van der Waals surface area (Å²) in [5.74, 6) is 0.228.